The minimum Gasteiger partial charge on any atom is -0.464 e. The van der Waals surface area contributed by atoms with E-state index in [1.165, 1.54) is 13.2 Å². The van der Waals surface area contributed by atoms with E-state index in [2.05, 4.69) is 14.7 Å². The van der Waals surface area contributed by atoms with Crippen LogP contribution in [0.25, 0.3) is 5.82 Å². The van der Waals surface area contributed by atoms with Gasteiger partial charge in [-0.05, 0) is 26.0 Å². The number of pyridine rings is 1. The smallest absolute Gasteiger partial charge is 0.356 e. The van der Waals surface area contributed by atoms with Gasteiger partial charge in [0, 0.05) is 5.69 Å². The van der Waals surface area contributed by atoms with Crippen LogP contribution in [0.4, 0.5) is 5.69 Å². The predicted molar refractivity (Wildman–Crippen MR) is 66.6 cm³/mol. The summed E-state index contributed by atoms with van der Waals surface area (Å²) < 4.78 is 6.38. The first-order valence-electron chi connectivity index (χ1n) is 5.40. The number of carbonyl (C=O) groups is 1. The van der Waals surface area contributed by atoms with Crippen LogP contribution < -0.4 is 5.73 Å². The topological polar surface area (TPSA) is 83.0 Å². The van der Waals surface area contributed by atoms with Gasteiger partial charge in [0.1, 0.15) is 6.33 Å². The molecule has 6 nitrogen and oxygen atoms in total. The molecule has 0 amide bonds. The highest BCUT2D eigenvalue weighted by atomic mass is 16.5. The number of imidazole rings is 1. The van der Waals surface area contributed by atoms with E-state index in [1.807, 2.05) is 13.8 Å². The van der Waals surface area contributed by atoms with Crippen molar-refractivity contribution in [3.63, 3.8) is 0 Å². The van der Waals surface area contributed by atoms with Gasteiger partial charge in [-0.1, -0.05) is 0 Å². The predicted octanol–water partition coefficient (Wildman–Crippen LogP) is 1.25. The lowest BCUT2D eigenvalue weighted by atomic mass is 10.3. The molecule has 0 fully saturated rings. The average molecular weight is 246 g/mol. The Labute approximate surface area is 104 Å². The number of hydrogen-bond acceptors (Lipinski definition) is 5. The van der Waals surface area contributed by atoms with Crippen LogP contribution in [0.15, 0.2) is 18.5 Å². The molecular formula is C12H14N4O2. The van der Waals surface area contributed by atoms with Crippen molar-refractivity contribution in [1.82, 2.24) is 14.5 Å². The summed E-state index contributed by atoms with van der Waals surface area (Å²) in [5.41, 5.74) is 8.38. The fourth-order valence-corrected chi connectivity index (χ4v) is 1.58. The number of nitrogens with two attached hydrogens (primary N) is 1. The first kappa shape index (κ1) is 12.1. The van der Waals surface area contributed by atoms with Crippen LogP contribution in [0.5, 0.6) is 0 Å². The number of nitrogen functional groups attached to an aromatic ring is 1. The lowest BCUT2D eigenvalue weighted by Gasteiger charge is -2.09. The number of ether oxygens (including phenoxy) is 1. The molecule has 0 aromatic carbocycles. The van der Waals surface area contributed by atoms with Gasteiger partial charge < -0.3 is 10.5 Å². The molecule has 0 radical (unpaired) electrons. The Morgan fingerprint density at radius 1 is 1.39 bits per heavy atom. The molecule has 6 heteroatoms. The number of anilines is 1. The van der Waals surface area contributed by atoms with Crippen LogP contribution >= 0.6 is 0 Å². The van der Waals surface area contributed by atoms with Gasteiger partial charge in [-0.25, -0.2) is 14.8 Å². The van der Waals surface area contributed by atoms with Crippen LogP contribution in [-0.4, -0.2) is 27.6 Å². The number of aromatic nitrogens is 3. The van der Waals surface area contributed by atoms with Gasteiger partial charge in [-0.15, -0.1) is 0 Å². The van der Waals surface area contributed by atoms with Gasteiger partial charge in [-0.3, -0.25) is 4.57 Å². The normalized spacial score (nSPS) is 10.4. The summed E-state index contributed by atoms with van der Waals surface area (Å²) in [6.07, 6.45) is 1.63. The highest BCUT2D eigenvalue weighted by molar-refractivity contribution is 5.88. The van der Waals surface area contributed by atoms with Crippen molar-refractivity contribution in [1.29, 1.82) is 0 Å². The Balaban J connectivity index is 2.57. The minimum atomic E-state index is -0.495. The molecule has 2 N–H and O–H groups in total. The quantitative estimate of drug-likeness (QED) is 0.806. The zero-order valence-electron chi connectivity index (χ0n) is 10.5. The second-order valence-electron chi connectivity index (χ2n) is 3.89. The number of hydrogen-bond donors (Lipinski definition) is 1. The van der Waals surface area contributed by atoms with Gasteiger partial charge in [0.15, 0.2) is 11.5 Å². The van der Waals surface area contributed by atoms with Crippen molar-refractivity contribution < 1.29 is 9.53 Å². The van der Waals surface area contributed by atoms with Crippen LogP contribution in [0.2, 0.25) is 0 Å². The summed E-state index contributed by atoms with van der Waals surface area (Å²) in [7, 11) is 1.31. The summed E-state index contributed by atoms with van der Waals surface area (Å²) in [5.74, 6) is -0.0123. The maximum atomic E-state index is 11.4. The highest BCUT2D eigenvalue weighted by Gasteiger charge is 2.13. The maximum Gasteiger partial charge on any atom is 0.356 e. The van der Waals surface area contributed by atoms with E-state index >= 15 is 0 Å². The van der Waals surface area contributed by atoms with Crippen LogP contribution in [0, 0.1) is 13.8 Å². The molecule has 0 saturated heterocycles. The van der Waals surface area contributed by atoms with E-state index in [1.54, 1.807) is 17.0 Å². The molecule has 0 bridgehead atoms. The van der Waals surface area contributed by atoms with Gasteiger partial charge in [0.25, 0.3) is 0 Å². The lowest BCUT2D eigenvalue weighted by Crippen LogP contribution is -2.10. The summed E-state index contributed by atoms with van der Waals surface area (Å²) >= 11 is 0. The fraction of sp³-hybridized carbons (Fsp3) is 0.250. The van der Waals surface area contributed by atoms with Gasteiger partial charge in [-0.2, -0.15) is 0 Å². The monoisotopic (exact) mass is 246 g/mol. The highest BCUT2D eigenvalue weighted by Crippen LogP contribution is 2.18. The number of aryl methyl sites for hydroxylation is 1. The molecule has 2 rings (SSSR count). The summed E-state index contributed by atoms with van der Waals surface area (Å²) in [5, 5.41) is 0. The average Bonchev–Trinajstić information content (AvgIpc) is 2.70. The van der Waals surface area contributed by atoms with Crippen molar-refractivity contribution >= 4 is 11.7 Å². The standard InChI is InChI=1S/C12H14N4O2/c1-7-8(2)16(6-14-7)11-9(13)4-5-10(15-11)12(17)18-3/h4-6H,13H2,1-3H3. The molecule has 0 aliphatic rings. The van der Waals surface area contributed by atoms with E-state index in [-0.39, 0.29) is 5.69 Å². The van der Waals surface area contributed by atoms with E-state index in [4.69, 9.17) is 5.73 Å². The molecule has 0 unspecified atom stereocenters. The van der Waals surface area contributed by atoms with E-state index in [0.29, 0.717) is 11.5 Å². The Kier molecular flexibility index (Phi) is 3.01. The molecule has 0 aliphatic carbocycles. The van der Waals surface area contributed by atoms with Crippen molar-refractivity contribution in [2.45, 2.75) is 13.8 Å². The van der Waals surface area contributed by atoms with Crippen molar-refractivity contribution in [2.24, 2.45) is 0 Å². The molecule has 0 atom stereocenters. The molecule has 94 valence electrons. The van der Waals surface area contributed by atoms with Crippen LogP contribution in [0.3, 0.4) is 0 Å². The third-order valence-electron chi connectivity index (χ3n) is 2.78. The third kappa shape index (κ3) is 1.92. The van der Waals surface area contributed by atoms with E-state index in [0.717, 1.165) is 11.4 Å². The summed E-state index contributed by atoms with van der Waals surface area (Å²) in [6, 6.07) is 3.16. The van der Waals surface area contributed by atoms with E-state index in [9.17, 15) is 4.79 Å². The minimum absolute atomic E-state index is 0.215. The van der Waals surface area contributed by atoms with E-state index < -0.39 is 5.97 Å². The van der Waals surface area contributed by atoms with Gasteiger partial charge in [0.2, 0.25) is 0 Å². The number of nitrogens with zero attached hydrogens (tertiary/aromatic N) is 3. The van der Waals surface area contributed by atoms with Crippen molar-refractivity contribution in [3.05, 3.63) is 35.5 Å². The first-order valence-corrected chi connectivity index (χ1v) is 5.40. The second kappa shape index (κ2) is 4.48. The largest absolute Gasteiger partial charge is 0.464 e. The maximum absolute atomic E-state index is 11.4. The number of rotatable bonds is 2. The Morgan fingerprint density at radius 3 is 2.67 bits per heavy atom. The molecule has 2 heterocycles. The Morgan fingerprint density at radius 2 is 2.11 bits per heavy atom. The van der Waals surface area contributed by atoms with Gasteiger partial charge >= 0.3 is 5.97 Å². The Bertz CT molecular complexity index is 604. The molecule has 0 saturated carbocycles. The van der Waals surface area contributed by atoms with Crippen LogP contribution in [-0.2, 0) is 4.74 Å². The fourth-order valence-electron chi connectivity index (χ4n) is 1.58. The third-order valence-corrected chi connectivity index (χ3v) is 2.78. The Hall–Kier alpha value is -2.37. The molecule has 0 aliphatic heterocycles. The lowest BCUT2D eigenvalue weighted by molar-refractivity contribution is 0.0594. The second-order valence-corrected chi connectivity index (χ2v) is 3.89. The summed E-state index contributed by atoms with van der Waals surface area (Å²) in [4.78, 5) is 19.8. The molecule has 0 spiro atoms. The number of carbonyl (C=O) groups excluding carboxylic acids is 1. The van der Waals surface area contributed by atoms with Crippen molar-refractivity contribution in [3.8, 4) is 5.82 Å². The molecule has 2 aromatic heterocycles. The number of methoxy groups -OCH3 is 1. The first-order chi connectivity index (χ1) is 8.54. The zero-order chi connectivity index (χ0) is 13.3. The zero-order valence-corrected chi connectivity index (χ0v) is 10.5. The number of esters is 1. The van der Waals surface area contributed by atoms with Crippen molar-refractivity contribution in [2.75, 3.05) is 12.8 Å². The SMILES string of the molecule is COC(=O)c1ccc(N)c(-n2cnc(C)c2C)n1. The summed E-state index contributed by atoms with van der Waals surface area (Å²) in [6.45, 7) is 3.81. The molecule has 2 aromatic rings. The molecule has 18 heavy (non-hydrogen) atoms. The van der Waals surface area contributed by atoms with Gasteiger partial charge in [0.05, 0.1) is 18.5 Å². The molecular weight excluding hydrogens is 232 g/mol. The van der Waals surface area contributed by atoms with Crippen LogP contribution in [0.1, 0.15) is 21.9 Å².